The molecule has 0 aliphatic rings. The summed E-state index contributed by atoms with van der Waals surface area (Å²) in [5, 5.41) is 9.01. The summed E-state index contributed by atoms with van der Waals surface area (Å²) in [5.41, 5.74) is -4.16. The van der Waals surface area contributed by atoms with E-state index in [9.17, 15) is 28.5 Å². The van der Waals surface area contributed by atoms with E-state index in [1.54, 1.807) is 4.98 Å². The van der Waals surface area contributed by atoms with E-state index in [0.717, 1.165) is 0 Å². The van der Waals surface area contributed by atoms with Gasteiger partial charge in [-0.1, -0.05) is 0 Å². The number of carbonyl (C=O) groups excluding carboxylic acids is 1. The van der Waals surface area contributed by atoms with Crippen molar-refractivity contribution in [3.8, 4) is 0 Å². The number of hydrogen-bond donors (Lipinski definition) is 1. The Morgan fingerprint density at radius 2 is 2.12 bits per heavy atom. The summed E-state index contributed by atoms with van der Waals surface area (Å²) in [4.78, 5) is 32.5. The lowest BCUT2D eigenvalue weighted by molar-refractivity contribution is -0.386. The zero-order valence-corrected chi connectivity index (χ0v) is 8.12. The van der Waals surface area contributed by atoms with Crippen LogP contribution in [0.15, 0.2) is 10.9 Å². The van der Waals surface area contributed by atoms with E-state index in [-0.39, 0.29) is 0 Å². The summed E-state index contributed by atoms with van der Waals surface area (Å²) in [5.74, 6) is 0. The number of nitro groups is 1. The van der Waals surface area contributed by atoms with Crippen molar-refractivity contribution in [2.24, 2.45) is 0 Å². The first kappa shape index (κ1) is 12.2. The van der Waals surface area contributed by atoms with E-state index in [4.69, 9.17) is 11.6 Å². The average molecular weight is 253 g/mol. The molecule has 6 nitrogen and oxygen atoms in total. The maximum atomic E-state index is 12.3. The van der Waals surface area contributed by atoms with Crippen molar-refractivity contribution in [2.75, 3.05) is 0 Å². The number of H-pyrrole nitrogens is 1. The number of rotatable bonds is 3. The molecule has 0 amide bonds. The predicted octanol–water partition coefficient (Wildman–Crippen LogP) is 1.60. The first-order valence-corrected chi connectivity index (χ1v) is 4.12. The van der Waals surface area contributed by atoms with E-state index in [2.05, 4.69) is 0 Å². The normalized spacial score (nSPS) is 10.5. The highest BCUT2D eigenvalue weighted by molar-refractivity contribution is 6.67. The highest BCUT2D eigenvalue weighted by Gasteiger charge is 2.24. The fraction of sp³-hybridized carbons (Fsp3) is 0.143. The standard InChI is InChI=1S/C7H3ClF2N2O4/c8-5(13)2-1-3(12(15)16)7(14)11-4(2)6(9)10/h1,6H,(H,11,14). The van der Waals surface area contributed by atoms with Crippen molar-refractivity contribution in [3.63, 3.8) is 0 Å². The Hall–Kier alpha value is -1.83. The minimum atomic E-state index is -3.16. The quantitative estimate of drug-likeness (QED) is 0.502. The van der Waals surface area contributed by atoms with Gasteiger partial charge in [-0.3, -0.25) is 19.7 Å². The largest absolute Gasteiger partial charge is 0.334 e. The van der Waals surface area contributed by atoms with Gasteiger partial charge < -0.3 is 4.98 Å². The minimum absolute atomic E-state index is 0.426. The van der Waals surface area contributed by atoms with Gasteiger partial charge in [0.05, 0.1) is 16.2 Å². The van der Waals surface area contributed by atoms with E-state index >= 15 is 0 Å². The van der Waals surface area contributed by atoms with Gasteiger partial charge in [-0.05, 0) is 11.6 Å². The van der Waals surface area contributed by atoms with Crippen LogP contribution in [0.5, 0.6) is 0 Å². The van der Waals surface area contributed by atoms with Crippen LogP contribution in [0.4, 0.5) is 14.5 Å². The number of alkyl halides is 2. The second-order valence-electron chi connectivity index (χ2n) is 2.64. The average Bonchev–Trinajstić information content (AvgIpc) is 2.15. The van der Waals surface area contributed by atoms with Crippen molar-refractivity contribution in [2.45, 2.75) is 6.43 Å². The SMILES string of the molecule is O=C(Cl)c1cc([N+](=O)[O-])c(=O)[nH]c1C(F)F. The molecule has 1 heterocycles. The molecular weight excluding hydrogens is 250 g/mol. The van der Waals surface area contributed by atoms with Gasteiger partial charge in [0.15, 0.2) is 0 Å². The van der Waals surface area contributed by atoms with Gasteiger partial charge in [0, 0.05) is 6.07 Å². The number of carbonyl (C=O) groups is 1. The third-order valence-corrected chi connectivity index (χ3v) is 1.88. The molecule has 0 radical (unpaired) electrons. The molecule has 0 aliphatic carbocycles. The summed E-state index contributed by atoms with van der Waals surface area (Å²) >= 11 is 4.96. The van der Waals surface area contributed by atoms with Crippen LogP contribution in [-0.2, 0) is 0 Å². The van der Waals surface area contributed by atoms with Gasteiger partial charge in [-0.15, -0.1) is 0 Å². The summed E-state index contributed by atoms with van der Waals surface area (Å²) in [6, 6.07) is 0.426. The molecule has 1 aromatic rings. The van der Waals surface area contributed by atoms with Crippen LogP contribution in [0.1, 0.15) is 22.5 Å². The number of hydrogen-bond acceptors (Lipinski definition) is 4. The summed E-state index contributed by atoms with van der Waals surface area (Å²) < 4.78 is 24.7. The highest BCUT2D eigenvalue weighted by atomic mass is 35.5. The molecule has 0 aromatic carbocycles. The third kappa shape index (κ3) is 2.22. The van der Waals surface area contributed by atoms with Crippen LogP contribution >= 0.6 is 11.6 Å². The Balaban J connectivity index is 3.56. The Bertz CT molecular complexity index is 514. The smallest absolute Gasteiger partial charge is 0.314 e. The van der Waals surface area contributed by atoms with E-state index in [0.29, 0.717) is 6.07 Å². The van der Waals surface area contributed by atoms with Gasteiger partial charge in [0.25, 0.3) is 11.7 Å². The Labute approximate surface area is 91.0 Å². The molecule has 16 heavy (non-hydrogen) atoms. The molecule has 0 spiro atoms. The second kappa shape index (κ2) is 4.35. The van der Waals surface area contributed by atoms with Gasteiger partial charge in [0.1, 0.15) is 0 Å². The Morgan fingerprint density at radius 1 is 1.56 bits per heavy atom. The summed E-state index contributed by atoms with van der Waals surface area (Å²) in [7, 11) is 0. The number of aromatic nitrogens is 1. The molecule has 1 N–H and O–H groups in total. The van der Waals surface area contributed by atoms with Crippen LogP contribution in [-0.4, -0.2) is 15.1 Å². The monoisotopic (exact) mass is 252 g/mol. The van der Waals surface area contributed by atoms with Crippen LogP contribution in [0.3, 0.4) is 0 Å². The van der Waals surface area contributed by atoms with Crippen molar-refractivity contribution < 1.29 is 18.5 Å². The predicted molar refractivity (Wildman–Crippen MR) is 48.9 cm³/mol. The molecule has 0 unspecified atom stereocenters. The van der Waals surface area contributed by atoms with Crippen LogP contribution < -0.4 is 5.56 Å². The van der Waals surface area contributed by atoms with Gasteiger partial charge in [0.2, 0.25) is 0 Å². The molecule has 0 saturated carbocycles. The third-order valence-electron chi connectivity index (χ3n) is 1.68. The number of pyridine rings is 1. The molecule has 0 aliphatic heterocycles. The molecule has 1 rings (SSSR count). The van der Waals surface area contributed by atoms with Crippen molar-refractivity contribution in [1.29, 1.82) is 0 Å². The molecule has 0 fully saturated rings. The molecule has 1 aromatic heterocycles. The Kier molecular flexibility index (Phi) is 3.33. The number of aromatic amines is 1. The number of halogens is 3. The molecule has 9 heteroatoms. The number of nitrogens with zero attached hydrogens (tertiary/aromatic N) is 1. The summed E-state index contributed by atoms with van der Waals surface area (Å²) in [6.45, 7) is 0. The molecule has 86 valence electrons. The summed E-state index contributed by atoms with van der Waals surface area (Å²) in [6.07, 6.45) is -3.16. The number of nitrogens with one attached hydrogen (secondary N) is 1. The van der Waals surface area contributed by atoms with Crippen molar-refractivity contribution in [1.82, 2.24) is 4.98 Å². The van der Waals surface area contributed by atoms with Crippen molar-refractivity contribution in [3.05, 3.63) is 37.8 Å². The first-order chi connectivity index (χ1) is 7.34. The zero-order chi connectivity index (χ0) is 12.5. The highest BCUT2D eigenvalue weighted by Crippen LogP contribution is 2.23. The fourth-order valence-corrected chi connectivity index (χ4v) is 1.16. The van der Waals surface area contributed by atoms with E-state index in [1.165, 1.54) is 0 Å². The van der Waals surface area contributed by atoms with Gasteiger partial charge in [-0.25, -0.2) is 8.78 Å². The fourth-order valence-electron chi connectivity index (χ4n) is 1.00. The molecule has 0 bridgehead atoms. The lowest BCUT2D eigenvalue weighted by Crippen LogP contribution is -2.17. The van der Waals surface area contributed by atoms with E-state index in [1.807, 2.05) is 0 Å². The van der Waals surface area contributed by atoms with Gasteiger partial charge in [-0.2, -0.15) is 0 Å². The second-order valence-corrected chi connectivity index (χ2v) is 2.99. The Morgan fingerprint density at radius 3 is 2.50 bits per heavy atom. The lowest BCUT2D eigenvalue weighted by atomic mass is 10.2. The maximum absolute atomic E-state index is 12.3. The molecule has 0 atom stereocenters. The first-order valence-electron chi connectivity index (χ1n) is 3.74. The van der Waals surface area contributed by atoms with E-state index < -0.39 is 39.1 Å². The van der Waals surface area contributed by atoms with Crippen LogP contribution in [0.2, 0.25) is 0 Å². The zero-order valence-electron chi connectivity index (χ0n) is 7.37. The van der Waals surface area contributed by atoms with Gasteiger partial charge >= 0.3 is 11.2 Å². The molecule has 0 saturated heterocycles. The molecular formula is C7H3ClF2N2O4. The topological polar surface area (TPSA) is 93.1 Å². The van der Waals surface area contributed by atoms with Crippen LogP contribution in [0.25, 0.3) is 0 Å². The van der Waals surface area contributed by atoms with Crippen molar-refractivity contribution >= 4 is 22.5 Å². The maximum Gasteiger partial charge on any atom is 0.334 e. The lowest BCUT2D eigenvalue weighted by Gasteiger charge is -2.03. The van der Waals surface area contributed by atoms with Crippen LogP contribution in [0, 0.1) is 10.1 Å². The minimum Gasteiger partial charge on any atom is -0.314 e.